The van der Waals surface area contributed by atoms with Gasteiger partial charge in [0.2, 0.25) is 0 Å². The molecule has 0 aliphatic carbocycles. The SMILES string of the molecule is Cc1nc(C(=O)N2CSC[C@H]2CNC(=O)c2c(C)nc3ccccn23)c(-c2ccc(F)cc2)s1. The Balaban J connectivity index is 1.34. The van der Waals surface area contributed by atoms with Crippen molar-refractivity contribution in [2.75, 3.05) is 18.2 Å². The van der Waals surface area contributed by atoms with Gasteiger partial charge in [-0.3, -0.25) is 14.0 Å². The maximum Gasteiger partial charge on any atom is 0.275 e. The van der Waals surface area contributed by atoms with Crippen molar-refractivity contribution in [2.24, 2.45) is 0 Å². The molecule has 0 radical (unpaired) electrons. The van der Waals surface area contributed by atoms with E-state index in [1.54, 1.807) is 33.2 Å². The Morgan fingerprint density at radius 3 is 2.74 bits per heavy atom. The number of hydrogen-bond donors (Lipinski definition) is 1. The van der Waals surface area contributed by atoms with Gasteiger partial charge in [-0.1, -0.05) is 18.2 Å². The summed E-state index contributed by atoms with van der Waals surface area (Å²) in [5, 5.41) is 3.75. The number of benzene rings is 1. The second kappa shape index (κ2) is 9.19. The molecule has 0 bridgehead atoms. The van der Waals surface area contributed by atoms with Crippen molar-refractivity contribution in [2.45, 2.75) is 19.9 Å². The average molecular weight is 496 g/mol. The van der Waals surface area contributed by atoms with E-state index < -0.39 is 0 Å². The molecule has 4 heterocycles. The van der Waals surface area contributed by atoms with Gasteiger partial charge in [0.15, 0.2) is 0 Å². The van der Waals surface area contributed by atoms with E-state index in [1.807, 2.05) is 38.2 Å². The number of halogens is 1. The van der Waals surface area contributed by atoms with Crippen LogP contribution in [-0.4, -0.2) is 55.3 Å². The van der Waals surface area contributed by atoms with Crippen LogP contribution in [0.25, 0.3) is 16.1 Å². The zero-order valence-electron chi connectivity index (χ0n) is 18.6. The minimum absolute atomic E-state index is 0.163. The van der Waals surface area contributed by atoms with Crippen molar-refractivity contribution >= 4 is 40.6 Å². The molecule has 0 saturated carbocycles. The molecule has 10 heteroatoms. The van der Waals surface area contributed by atoms with Gasteiger partial charge in [-0.05, 0) is 43.7 Å². The van der Waals surface area contributed by atoms with Crippen molar-refractivity contribution in [1.82, 2.24) is 24.6 Å². The van der Waals surface area contributed by atoms with Crippen molar-refractivity contribution in [3.05, 3.63) is 76.6 Å². The van der Waals surface area contributed by atoms with Crippen LogP contribution in [0.3, 0.4) is 0 Å². The molecule has 1 saturated heterocycles. The third-order valence-corrected chi connectivity index (χ3v) is 7.80. The number of pyridine rings is 1. The molecule has 0 spiro atoms. The molecule has 1 aliphatic rings. The van der Waals surface area contributed by atoms with E-state index in [0.29, 0.717) is 40.9 Å². The predicted octanol–water partition coefficient (Wildman–Crippen LogP) is 4.16. The summed E-state index contributed by atoms with van der Waals surface area (Å²) in [6.07, 6.45) is 1.81. The second-order valence-electron chi connectivity index (χ2n) is 8.03. The van der Waals surface area contributed by atoms with E-state index >= 15 is 0 Å². The monoisotopic (exact) mass is 495 g/mol. The zero-order valence-corrected chi connectivity index (χ0v) is 20.3. The maximum absolute atomic E-state index is 13.5. The summed E-state index contributed by atoms with van der Waals surface area (Å²) in [6.45, 7) is 3.99. The van der Waals surface area contributed by atoms with Crippen LogP contribution in [0, 0.1) is 19.7 Å². The first kappa shape index (κ1) is 22.5. The molecular weight excluding hydrogens is 473 g/mol. The largest absolute Gasteiger partial charge is 0.349 e. The van der Waals surface area contributed by atoms with Crippen LogP contribution in [0.4, 0.5) is 4.39 Å². The van der Waals surface area contributed by atoms with Crippen molar-refractivity contribution in [3.63, 3.8) is 0 Å². The molecule has 0 unspecified atom stereocenters. The third-order valence-electron chi connectivity index (χ3n) is 5.70. The highest BCUT2D eigenvalue weighted by Gasteiger charge is 2.33. The lowest BCUT2D eigenvalue weighted by Crippen LogP contribution is -2.44. The standard InChI is InChI=1S/C24H22FN5O2S2/c1-14-21(29-10-4-3-5-19(29)27-14)23(31)26-11-18-12-33-13-30(18)24(32)20-22(34-15(2)28-20)16-6-8-17(25)9-7-16/h3-10,18H,11-13H2,1-2H3,(H,26,31)/t18-/m1/s1. The minimum atomic E-state index is -0.328. The minimum Gasteiger partial charge on any atom is -0.349 e. The Bertz CT molecular complexity index is 1380. The van der Waals surface area contributed by atoms with Gasteiger partial charge in [-0.15, -0.1) is 23.1 Å². The molecule has 174 valence electrons. The highest BCUT2D eigenvalue weighted by atomic mass is 32.2. The molecule has 1 aliphatic heterocycles. The topological polar surface area (TPSA) is 79.6 Å². The lowest BCUT2D eigenvalue weighted by atomic mass is 10.1. The van der Waals surface area contributed by atoms with Crippen molar-refractivity contribution in [1.29, 1.82) is 0 Å². The van der Waals surface area contributed by atoms with Gasteiger partial charge < -0.3 is 10.2 Å². The zero-order chi connectivity index (χ0) is 23.8. The number of fused-ring (bicyclic) bond motifs is 1. The molecular formula is C24H22FN5O2S2. The van der Waals surface area contributed by atoms with Gasteiger partial charge in [0.25, 0.3) is 11.8 Å². The van der Waals surface area contributed by atoms with Crippen LogP contribution in [0.15, 0.2) is 48.7 Å². The van der Waals surface area contributed by atoms with E-state index in [2.05, 4.69) is 15.3 Å². The van der Waals surface area contributed by atoms with Gasteiger partial charge >= 0.3 is 0 Å². The highest BCUT2D eigenvalue weighted by Crippen LogP contribution is 2.33. The average Bonchev–Trinajstić information content (AvgIpc) is 3.53. The highest BCUT2D eigenvalue weighted by molar-refractivity contribution is 7.99. The van der Waals surface area contributed by atoms with E-state index in [1.165, 1.54) is 23.5 Å². The Labute approximate surface area is 204 Å². The maximum atomic E-state index is 13.5. The number of amides is 2. The van der Waals surface area contributed by atoms with Crippen LogP contribution >= 0.6 is 23.1 Å². The molecule has 7 nitrogen and oxygen atoms in total. The van der Waals surface area contributed by atoms with Gasteiger partial charge in [0.05, 0.1) is 27.5 Å². The first-order chi connectivity index (χ1) is 16.4. The number of thioether (sulfide) groups is 1. The first-order valence-corrected chi connectivity index (χ1v) is 12.7. The fraction of sp³-hybridized carbons (Fsp3) is 0.250. The lowest BCUT2D eigenvalue weighted by molar-refractivity contribution is 0.0731. The first-order valence-electron chi connectivity index (χ1n) is 10.8. The van der Waals surface area contributed by atoms with E-state index in [4.69, 9.17) is 0 Å². The lowest BCUT2D eigenvalue weighted by Gasteiger charge is -2.24. The molecule has 3 aromatic heterocycles. The second-order valence-corrected chi connectivity index (χ2v) is 10.2. The number of nitrogens with one attached hydrogen (secondary N) is 1. The fourth-order valence-corrected chi connectivity index (χ4v) is 6.18. The summed E-state index contributed by atoms with van der Waals surface area (Å²) in [7, 11) is 0. The molecule has 1 aromatic carbocycles. The summed E-state index contributed by atoms with van der Waals surface area (Å²) in [4.78, 5) is 37.9. The molecule has 5 rings (SSSR count). The van der Waals surface area contributed by atoms with Crippen LogP contribution in [0.1, 0.15) is 31.7 Å². The van der Waals surface area contributed by atoms with Crippen LogP contribution in [0.5, 0.6) is 0 Å². The number of aryl methyl sites for hydroxylation is 2. The van der Waals surface area contributed by atoms with Gasteiger partial charge in [0, 0.05) is 18.5 Å². The van der Waals surface area contributed by atoms with Crippen molar-refractivity contribution < 1.29 is 14.0 Å². The summed E-state index contributed by atoms with van der Waals surface area (Å²) in [5.41, 5.74) is 2.98. The molecule has 1 N–H and O–H groups in total. The molecule has 34 heavy (non-hydrogen) atoms. The summed E-state index contributed by atoms with van der Waals surface area (Å²) >= 11 is 3.05. The molecule has 1 atom stereocenters. The van der Waals surface area contributed by atoms with E-state index in [0.717, 1.165) is 15.4 Å². The normalized spacial score (nSPS) is 15.7. The van der Waals surface area contributed by atoms with Gasteiger partial charge in [-0.2, -0.15) is 0 Å². The Morgan fingerprint density at radius 1 is 1.15 bits per heavy atom. The van der Waals surface area contributed by atoms with Crippen LogP contribution < -0.4 is 5.32 Å². The number of imidazole rings is 1. The van der Waals surface area contributed by atoms with Gasteiger partial charge in [0.1, 0.15) is 22.9 Å². The van der Waals surface area contributed by atoms with E-state index in [-0.39, 0.29) is 23.7 Å². The number of rotatable bonds is 5. The van der Waals surface area contributed by atoms with E-state index in [9.17, 15) is 14.0 Å². The number of hydrogen-bond acceptors (Lipinski definition) is 6. The number of aromatic nitrogens is 3. The molecule has 4 aromatic rings. The predicted molar refractivity (Wildman–Crippen MR) is 132 cm³/mol. The van der Waals surface area contributed by atoms with Crippen LogP contribution in [-0.2, 0) is 0 Å². The summed E-state index contributed by atoms with van der Waals surface area (Å²) < 4.78 is 15.2. The van der Waals surface area contributed by atoms with Crippen LogP contribution in [0.2, 0.25) is 0 Å². The third kappa shape index (κ3) is 4.19. The fourth-order valence-electron chi connectivity index (χ4n) is 4.06. The number of carbonyl (C=O) groups is 2. The molecule has 2 amide bonds. The smallest absolute Gasteiger partial charge is 0.275 e. The number of nitrogens with zero attached hydrogens (tertiary/aromatic N) is 4. The Kier molecular flexibility index (Phi) is 6.09. The van der Waals surface area contributed by atoms with Crippen molar-refractivity contribution in [3.8, 4) is 10.4 Å². The number of carbonyl (C=O) groups excluding carboxylic acids is 2. The number of thiazole rings is 1. The Morgan fingerprint density at radius 2 is 1.94 bits per heavy atom. The quantitative estimate of drug-likeness (QED) is 0.450. The molecule has 1 fully saturated rings. The summed E-state index contributed by atoms with van der Waals surface area (Å²) in [5.74, 6) is 0.502. The summed E-state index contributed by atoms with van der Waals surface area (Å²) in [6, 6.07) is 11.5. The Hall–Kier alpha value is -3.24. The van der Waals surface area contributed by atoms with Gasteiger partial charge in [-0.25, -0.2) is 14.4 Å².